The van der Waals surface area contributed by atoms with E-state index in [0.29, 0.717) is 16.9 Å². The molecule has 2 aromatic carbocycles. The first kappa shape index (κ1) is 19.2. The largest absolute Gasteiger partial charge is 0.348 e. The standard InChI is InChI=1S/C20H16F2IN3O/c1-12-4-6-14(10-18(12)23)26-19-15(3-2-8-24-19)20(27)25-11-13-5-7-16(21)17(22)9-13/h2-10H,11H2,1H3,(H,24,26)(H,25,27). The second-order valence-corrected chi connectivity index (χ2v) is 7.08. The van der Waals surface area contributed by atoms with E-state index >= 15 is 0 Å². The summed E-state index contributed by atoms with van der Waals surface area (Å²) in [6.45, 7) is 2.09. The molecule has 3 aromatic rings. The van der Waals surface area contributed by atoms with Gasteiger partial charge in [-0.2, -0.15) is 0 Å². The summed E-state index contributed by atoms with van der Waals surface area (Å²) in [6, 6.07) is 12.7. The quantitative estimate of drug-likeness (QED) is 0.510. The maximum absolute atomic E-state index is 13.3. The highest BCUT2D eigenvalue weighted by atomic mass is 127. The Hall–Kier alpha value is -2.55. The molecular weight excluding hydrogens is 463 g/mol. The van der Waals surface area contributed by atoms with Gasteiger partial charge in [0.2, 0.25) is 0 Å². The van der Waals surface area contributed by atoms with Gasteiger partial charge >= 0.3 is 0 Å². The van der Waals surface area contributed by atoms with Crippen LogP contribution in [0.15, 0.2) is 54.7 Å². The number of carbonyl (C=O) groups excluding carboxylic acids is 1. The number of hydrogen-bond donors (Lipinski definition) is 2. The maximum Gasteiger partial charge on any atom is 0.255 e. The van der Waals surface area contributed by atoms with Crippen molar-refractivity contribution in [3.05, 3.63) is 86.6 Å². The van der Waals surface area contributed by atoms with Crippen molar-refractivity contribution in [3.8, 4) is 0 Å². The van der Waals surface area contributed by atoms with Crippen molar-refractivity contribution in [3.63, 3.8) is 0 Å². The van der Waals surface area contributed by atoms with E-state index in [9.17, 15) is 13.6 Å². The predicted octanol–water partition coefficient (Wildman–Crippen LogP) is 4.95. The van der Waals surface area contributed by atoms with Gasteiger partial charge in [0.15, 0.2) is 11.6 Å². The molecule has 0 aliphatic rings. The van der Waals surface area contributed by atoms with E-state index in [-0.39, 0.29) is 12.5 Å². The topological polar surface area (TPSA) is 54.0 Å². The summed E-state index contributed by atoms with van der Waals surface area (Å²) >= 11 is 2.24. The van der Waals surface area contributed by atoms with Crippen LogP contribution in [0.1, 0.15) is 21.5 Å². The average molecular weight is 479 g/mol. The fourth-order valence-corrected chi connectivity index (χ4v) is 2.94. The van der Waals surface area contributed by atoms with E-state index in [1.54, 1.807) is 18.3 Å². The zero-order valence-corrected chi connectivity index (χ0v) is 16.6. The summed E-state index contributed by atoms with van der Waals surface area (Å²) in [5.74, 6) is -1.81. The minimum absolute atomic E-state index is 0.0762. The lowest BCUT2D eigenvalue weighted by Gasteiger charge is -2.12. The molecule has 0 radical (unpaired) electrons. The fourth-order valence-electron chi connectivity index (χ4n) is 2.42. The number of benzene rings is 2. The summed E-state index contributed by atoms with van der Waals surface area (Å²) < 4.78 is 27.4. The maximum atomic E-state index is 13.3. The minimum Gasteiger partial charge on any atom is -0.348 e. The van der Waals surface area contributed by atoms with Gasteiger partial charge in [-0.25, -0.2) is 13.8 Å². The molecule has 0 fully saturated rings. The Kier molecular flexibility index (Phi) is 6.00. The van der Waals surface area contributed by atoms with Gasteiger partial charge in [-0.1, -0.05) is 12.1 Å². The van der Waals surface area contributed by atoms with Crippen LogP contribution in [0.3, 0.4) is 0 Å². The number of anilines is 2. The van der Waals surface area contributed by atoms with Crippen LogP contribution in [-0.2, 0) is 6.54 Å². The summed E-state index contributed by atoms with van der Waals surface area (Å²) in [7, 11) is 0. The van der Waals surface area contributed by atoms with Gasteiger partial charge in [0, 0.05) is 22.0 Å². The predicted molar refractivity (Wildman–Crippen MR) is 109 cm³/mol. The summed E-state index contributed by atoms with van der Waals surface area (Å²) in [5.41, 5.74) is 2.80. The zero-order chi connectivity index (χ0) is 19.4. The van der Waals surface area contributed by atoms with Crippen molar-refractivity contribution in [2.45, 2.75) is 13.5 Å². The van der Waals surface area contributed by atoms with Crippen LogP contribution < -0.4 is 10.6 Å². The van der Waals surface area contributed by atoms with Gasteiger partial charge in [-0.15, -0.1) is 0 Å². The van der Waals surface area contributed by atoms with Gasteiger partial charge in [0.1, 0.15) is 5.82 Å². The van der Waals surface area contributed by atoms with Crippen LogP contribution in [0.5, 0.6) is 0 Å². The molecule has 3 rings (SSSR count). The first-order valence-electron chi connectivity index (χ1n) is 8.14. The molecule has 0 unspecified atom stereocenters. The Morgan fingerprint density at radius 1 is 1.11 bits per heavy atom. The number of carbonyl (C=O) groups is 1. The van der Waals surface area contributed by atoms with Gasteiger partial charge in [0.05, 0.1) is 5.56 Å². The van der Waals surface area contributed by atoms with E-state index in [1.807, 2.05) is 25.1 Å². The third-order valence-corrected chi connectivity index (χ3v) is 5.09. The van der Waals surface area contributed by atoms with E-state index in [4.69, 9.17) is 0 Å². The van der Waals surface area contributed by atoms with Crippen molar-refractivity contribution >= 4 is 40.0 Å². The van der Waals surface area contributed by atoms with Crippen molar-refractivity contribution in [2.24, 2.45) is 0 Å². The van der Waals surface area contributed by atoms with E-state index in [2.05, 4.69) is 38.2 Å². The van der Waals surface area contributed by atoms with Crippen molar-refractivity contribution in [2.75, 3.05) is 5.32 Å². The number of pyridine rings is 1. The molecule has 0 saturated heterocycles. The molecule has 0 aliphatic carbocycles. The van der Waals surface area contributed by atoms with Crippen LogP contribution in [0, 0.1) is 22.1 Å². The average Bonchev–Trinajstić information content (AvgIpc) is 2.66. The Morgan fingerprint density at radius 2 is 1.93 bits per heavy atom. The van der Waals surface area contributed by atoms with E-state index in [1.165, 1.54) is 6.07 Å². The first-order valence-corrected chi connectivity index (χ1v) is 9.22. The van der Waals surface area contributed by atoms with Crippen molar-refractivity contribution < 1.29 is 13.6 Å². The van der Waals surface area contributed by atoms with E-state index in [0.717, 1.165) is 27.0 Å². The summed E-state index contributed by atoms with van der Waals surface area (Å²) in [4.78, 5) is 16.8. The van der Waals surface area contributed by atoms with Crippen LogP contribution in [0.25, 0.3) is 0 Å². The number of halogens is 3. The Labute approximate surface area is 169 Å². The summed E-state index contributed by atoms with van der Waals surface area (Å²) in [5, 5.41) is 5.85. The SMILES string of the molecule is Cc1ccc(Nc2ncccc2C(=O)NCc2ccc(F)c(F)c2)cc1I. The highest BCUT2D eigenvalue weighted by molar-refractivity contribution is 14.1. The second-order valence-electron chi connectivity index (χ2n) is 5.92. The third kappa shape index (κ3) is 4.79. The first-order chi connectivity index (χ1) is 12.9. The smallest absolute Gasteiger partial charge is 0.255 e. The van der Waals surface area contributed by atoms with Crippen molar-refractivity contribution in [1.29, 1.82) is 0 Å². The fraction of sp³-hybridized carbons (Fsp3) is 0.100. The highest BCUT2D eigenvalue weighted by Gasteiger charge is 2.13. The molecule has 7 heteroatoms. The normalized spacial score (nSPS) is 10.5. The monoisotopic (exact) mass is 479 g/mol. The molecule has 1 heterocycles. The molecule has 138 valence electrons. The highest BCUT2D eigenvalue weighted by Crippen LogP contribution is 2.22. The number of nitrogens with one attached hydrogen (secondary N) is 2. The molecule has 27 heavy (non-hydrogen) atoms. The molecule has 0 saturated carbocycles. The number of nitrogens with zero attached hydrogens (tertiary/aromatic N) is 1. The Bertz CT molecular complexity index is 995. The van der Waals surface area contributed by atoms with Gasteiger partial charge in [0.25, 0.3) is 5.91 Å². The molecular formula is C20H16F2IN3O. The molecule has 0 spiro atoms. The van der Waals surface area contributed by atoms with Crippen LogP contribution >= 0.6 is 22.6 Å². The molecule has 2 N–H and O–H groups in total. The number of aryl methyl sites for hydroxylation is 1. The Balaban J connectivity index is 1.75. The van der Waals surface area contributed by atoms with Gasteiger partial charge in [-0.05, 0) is 77.0 Å². The van der Waals surface area contributed by atoms with E-state index < -0.39 is 11.6 Å². The molecule has 0 aliphatic heterocycles. The van der Waals surface area contributed by atoms with Gasteiger partial charge < -0.3 is 10.6 Å². The molecule has 0 atom stereocenters. The third-order valence-electron chi connectivity index (χ3n) is 3.92. The van der Waals surface area contributed by atoms with Crippen LogP contribution in [0.4, 0.5) is 20.3 Å². The summed E-state index contributed by atoms with van der Waals surface area (Å²) in [6.07, 6.45) is 1.59. The molecule has 0 bridgehead atoms. The van der Waals surface area contributed by atoms with Gasteiger partial charge in [-0.3, -0.25) is 4.79 Å². The molecule has 1 amide bonds. The van der Waals surface area contributed by atoms with Crippen molar-refractivity contribution in [1.82, 2.24) is 10.3 Å². The number of amides is 1. The lowest BCUT2D eigenvalue weighted by atomic mass is 10.2. The van der Waals surface area contributed by atoms with Crippen LogP contribution in [0.2, 0.25) is 0 Å². The lowest BCUT2D eigenvalue weighted by molar-refractivity contribution is 0.0951. The number of rotatable bonds is 5. The second kappa shape index (κ2) is 8.43. The molecule has 4 nitrogen and oxygen atoms in total. The lowest BCUT2D eigenvalue weighted by Crippen LogP contribution is -2.24. The molecule has 1 aromatic heterocycles. The minimum atomic E-state index is -0.945. The Morgan fingerprint density at radius 3 is 2.67 bits per heavy atom. The zero-order valence-electron chi connectivity index (χ0n) is 14.4. The number of aromatic nitrogens is 1. The van der Waals surface area contributed by atoms with Crippen LogP contribution in [-0.4, -0.2) is 10.9 Å². The number of hydrogen-bond acceptors (Lipinski definition) is 3.